The van der Waals surface area contributed by atoms with Crippen molar-refractivity contribution in [2.75, 3.05) is 0 Å². The van der Waals surface area contributed by atoms with Crippen LogP contribution in [0.1, 0.15) is 30.1 Å². The van der Waals surface area contributed by atoms with Crippen molar-refractivity contribution in [3.05, 3.63) is 82.4 Å². The standard InChI is InChI=1S/C23H20N4O3/c28-20(24-13-15-6-2-1-3-7-15)14-27-19-9-5-4-8-17(19)18(12-21(27)29)23-25-22(26-30-23)16-10-11-16/h1-9,12,16H,10-11,13-14H2,(H,24,28). The number of aromatic nitrogens is 3. The highest BCUT2D eigenvalue weighted by Gasteiger charge is 2.29. The van der Waals surface area contributed by atoms with Crippen LogP contribution in [0.5, 0.6) is 0 Å². The summed E-state index contributed by atoms with van der Waals surface area (Å²) in [6.45, 7) is 0.347. The summed E-state index contributed by atoms with van der Waals surface area (Å²) in [4.78, 5) is 29.9. The summed E-state index contributed by atoms with van der Waals surface area (Å²) in [7, 11) is 0. The second-order valence-corrected chi connectivity index (χ2v) is 7.49. The molecule has 7 heteroatoms. The number of hydrogen-bond acceptors (Lipinski definition) is 5. The highest BCUT2D eigenvalue weighted by molar-refractivity contribution is 5.93. The van der Waals surface area contributed by atoms with E-state index < -0.39 is 0 Å². The molecule has 2 heterocycles. The van der Waals surface area contributed by atoms with E-state index in [1.807, 2.05) is 54.6 Å². The van der Waals surface area contributed by atoms with Crippen LogP contribution in [0.25, 0.3) is 22.4 Å². The van der Waals surface area contributed by atoms with Crippen LogP contribution >= 0.6 is 0 Å². The number of fused-ring (bicyclic) bond motifs is 1. The number of benzene rings is 2. The van der Waals surface area contributed by atoms with Gasteiger partial charge in [0.25, 0.3) is 11.4 Å². The molecule has 2 aromatic carbocycles. The highest BCUT2D eigenvalue weighted by Crippen LogP contribution is 2.39. The lowest BCUT2D eigenvalue weighted by atomic mass is 10.1. The summed E-state index contributed by atoms with van der Waals surface area (Å²) in [6, 6.07) is 18.6. The molecule has 0 spiro atoms. The minimum Gasteiger partial charge on any atom is -0.350 e. The van der Waals surface area contributed by atoms with Gasteiger partial charge in [-0.25, -0.2) is 0 Å². The molecule has 0 radical (unpaired) electrons. The number of nitrogens with one attached hydrogen (secondary N) is 1. The van der Waals surface area contributed by atoms with E-state index in [9.17, 15) is 9.59 Å². The Morgan fingerprint density at radius 3 is 2.67 bits per heavy atom. The van der Waals surface area contributed by atoms with Gasteiger partial charge in [-0.05, 0) is 24.5 Å². The minimum atomic E-state index is -0.287. The SMILES string of the molecule is O=C(Cn1c(=O)cc(-c2nc(C3CC3)no2)c2ccccc21)NCc1ccccc1. The average molecular weight is 400 g/mol. The Bertz CT molecular complexity index is 1270. The van der Waals surface area contributed by atoms with Crippen LogP contribution in [0.4, 0.5) is 0 Å². The summed E-state index contributed by atoms with van der Waals surface area (Å²) >= 11 is 0. The molecule has 1 saturated carbocycles. The van der Waals surface area contributed by atoms with Crippen LogP contribution in [0.15, 0.2) is 70.0 Å². The van der Waals surface area contributed by atoms with Crippen molar-refractivity contribution < 1.29 is 9.32 Å². The zero-order valence-electron chi connectivity index (χ0n) is 16.2. The fourth-order valence-corrected chi connectivity index (χ4v) is 3.52. The summed E-state index contributed by atoms with van der Waals surface area (Å²) < 4.78 is 6.90. The van der Waals surface area contributed by atoms with Crippen molar-refractivity contribution in [2.45, 2.75) is 31.8 Å². The van der Waals surface area contributed by atoms with E-state index in [1.165, 1.54) is 10.6 Å². The van der Waals surface area contributed by atoms with Gasteiger partial charge in [-0.1, -0.05) is 53.7 Å². The number of rotatable bonds is 6. The lowest BCUT2D eigenvalue weighted by Crippen LogP contribution is -2.32. The largest absolute Gasteiger partial charge is 0.350 e. The van der Waals surface area contributed by atoms with E-state index in [1.54, 1.807) is 0 Å². The highest BCUT2D eigenvalue weighted by atomic mass is 16.5. The van der Waals surface area contributed by atoms with Gasteiger partial charge in [0.1, 0.15) is 6.54 Å². The van der Waals surface area contributed by atoms with Crippen LogP contribution in [0.3, 0.4) is 0 Å². The number of para-hydroxylation sites is 1. The Morgan fingerprint density at radius 2 is 1.87 bits per heavy atom. The smallest absolute Gasteiger partial charge is 0.258 e. The molecule has 30 heavy (non-hydrogen) atoms. The number of nitrogens with zero attached hydrogens (tertiary/aromatic N) is 3. The van der Waals surface area contributed by atoms with E-state index in [0.717, 1.165) is 23.8 Å². The Kier molecular flexibility index (Phi) is 4.63. The first-order valence-corrected chi connectivity index (χ1v) is 9.96. The van der Waals surface area contributed by atoms with Crippen molar-refractivity contribution in [3.8, 4) is 11.5 Å². The van der Waals surface area contributed by atoms with Crippen molar-refractivity contribution in [2.24, 2.45) is 0 Å². The van der Waals surface area contributed by atoms with Crippen LogP contribution in [0.2, 0.25) is 0 Å². The molecule has 4 aromatic rings. The van der Waals surface area contributed by atoms with Crippen LogP contribution in [-0.4, -0.2) is 20.6 Å². The average Bonchev–Trinajstić information content (AvgIpc) is 3.51. The first-order chi connectivity index (χ1) is 14.7. The summed E-state index contributed by atoms with van der Waals surface area (Å²) in [6.07, 6.45) is 2.14. The first kappa shape index (κ1) is 18.3. The summed E-state index contributed by atoms with van der Waals surface area (Å²) in [5, 5.41) is 7.72. The van der Waals surface area contributed by atoms with Crippen LogP contribution in [0, 0.1) is 0 Å². The maximum atomic E-state index is 12.9. The Hall–Kier alpha value is -3.74. The fourth-order valence-electron chi connectivity index (χ4n) is 3.52. The zero-order valence-corrected chi connectivity index (χ0v) is 16.2. The Morgan fingerprint density at radius 1 is 1.10 bits per heavy atom. The molecule has 0 aliphatic heterocycles. The quantitative estimate of drug-likeness (QED) is 0.537. The van der Waals surface area contributed by atoms with Gasteiger partial charge in [0.15, 0.2) is 5.82 Å². The molecule has 0 bridgehead atoms. The van der Waals surface area contributed by atoms with Crippen LogP contribution in [-0.2, 0) is 17.9 Å². The summed E-state index contributed by atoms with van der Waals surface area (Å²) in [5.74, 6) is 1.17. The Balaban J connectivity index is 1.45. The van der Waals surface area contributed by atoms with Crippen molar-refractivity contribution in [1.82, 2.24) is 20.0 Å². The van der Waals surface area contributed by atoms with E-state index in [2.05, 4.69) is 15.5 Å². The third-order valence-corrected chi connectivity index (χ3v) is 5.27. The third-order valence-electron chi connectivity index (χ3n) is 5.27. The maximum absolute atomic E-state index is 12.9. The zero-order chi connectivity index (χ0) is 20.5. The third kappa shape index (κ3) is 3.61. The van der Waals surface area contributed by atoms with Gasteiger partial charge in [-0.2, -0.15) is 4.98 Å². The molecule has 0 saturated heterocycles. The number of amides is 1. The van der Waals surface area contributed by atoms with Gasteiger partial charge in [0.2, 0.25) is 5.91 Å². The van der Waals surface area contributed by atoms with Gasteiger partial charge in [-0.15, -0.1) is 0 Å². The van der Waals surface area contributed by atoms with Gasteiger partial charge in [-0.3, -0.25) is 14.2 Å². The molecule has 0 unspecified atom stereocenters. The second-order valence-electron chi connectivity index (χ2n) is 7.49. The monoisotopic (exact) mass is 400 g/mol. The molecule has 5 rings (SSSR count). The van der Waals surface area contributed by atoms with Gasteiger partial charge in [0.05, 0.1) is 11.1 Å². The second kappa shape index (κ2) is 7.59. The predicted octanol–water partition coefficient (Wildman–Crippen LogP) is 3.25. The molecule has 1 amide bonds. The molecule has 1 fully saturated rings. The molecular weight excluding hydrogens is 380 g/mol. The van der Waals surface area contributed by atoms with Crippen molar-refractivity contribution >= 4 is 16.8 Å². The molecular formula is C23H20N4O3. The Labute approximate surface area is 172 Å². The van der Waals surface area contributed by atoms with E-state index in [0.29, 0.717) is 35.3 Å². The molecule has 1 aliphatic rings. The number of carbonyl (C=O) groups excluding carboxylic acids is 1. The minimum absolute atomic E-state index is 0.0659. The predicted molar refractivity (Wildman–Crippen MR) is 112 cm³/mol. The lowest BCUT2D eigenvalue weighted by molar-refractivity contribution is -0.121. The van der Waals surface area contributed by atoms with Crippen LogP contribution < -0.4 is 10.9 Å². The number of pyridine rings is 1. The molecule has 0 atom stereocenters. The lowest BCUT2D eigenvalue weighted by Gasteiger charge is -2.12. The van der Waals surface area contributed by atoms with Gasteiger partial charge >= 0.3 is 0 Å². The first-order valence-electron chi connectivity index (χ1n) is 9.96. The maximum Gasteiger partial charge on any atom is 0.258 e. The van der Waals surface area contributed by atoms with Crippen molar-refractivity contribution in [1.29, 1.82) is 0 Å². The van der Waals surface area contributed by atoms with E-state index in [4.69, 9.17) is 4.52 Å². The molecule has 150 valence electrons. The fraction of sp³-hybridized carbons (Fsp3) is 0.217. The molecule has 2 aromatic heterocycles. The molecule has 1 aliphatic carbocycles. The molecule has 1 N–H and O–H groups in total. The topological polar surface area (TPSA) is 90.0 Å². The number of carbonyl (C=O) groups is 1. The summed E-state index contributed by atoms with van der Waals surface area (Å²) in [5.41, 5.74) is 1.96. The molecule has 7 nitrogen and oxygen atoms in total. The van der Waals surface area contributed by atoms with Gasteiger partial charge < -0.3 is 9.84 Å². The van der Waals surface area contributed by atoms with Gasteiger partial charge in [0, 0.05) is 23.9 Å². The van der Waals surface area contributed by atoms with Crippen molar-refractivity contribution in [3.63, 3.8) is 0 Å². The normalized spacial score (nSPS) is 13.5. The van der Waals surface area contributed by atoms with E-state index >= 15 is 0 Å². The van der Waals surface area contributed by atoms with E-state index in [-0.39, 0.29) is 18.0 Å². The number of hydrogen-bond donors (Lipinski definition) is 1.